The topological polar surface area (TPSA) is 85.2 Å². The zero-order chi connectivity index (χ0) is 30.1. The number of carbonyl (C=O) groups excluding carboxylic acids is 2. The molecule has 4 aromatic rings. The molecule has 41 heavy (non-hydrogen) atoms. The van der Waals surface area contributed by atoms with E-state index >= 15 is 0 Å². The van der Waals surface area contributed by atoms with Crippen LogP contribution in [0.2, 0.25) is 15.1 Å². The third-order valence-corrected chi connectivity index (χ3v) is 7.49. The number of amides is 2. The van der Waals surface area contributed by atoms with Crippen molar-refractivity contribution < 1.29 is 23.1 Å². The van der Waals surface area contributed by atoms with Crippen LogP contribution >= 0.6 is 34.8 Å². The molecular weight excluding hydrogens is 597 g/mol. The summed E-state index contributed by atoms with van der Waals surface area (Å²) in [6, 6.07) is 10.5. The highest BCUT2D eigenvalue weighted by Gasteiger charge is 2.26. The minimum atomic E-state index is -2.03. The lowest BCUT2D eigenvalue weighted by Crippen LogP contribution is -2.38. The van der Waals surface area contributed by atoms with Crippen LogP contribution in [0.15, 0.2) is 42.5 Å². The molecule has 2 amide bonds. The second-order valence-electron chi connectivity index (χ2n) is 9.77. The molecule has 216 valence electrons. The van der Waals surface area contributed by atoms with Crippen LogP contribution in [-0.4, -0.2) is 33.6 Å². The van der Waals surface area contributed by atoms with Crippen LogP contribution in [0.25, 0.3) is 11.0 Å². The van der Waals surface area contributed by atoms with Crippen molar-refractivity contribution in [3.63, 3.8) is 0 Å². The number of halogens is 5. The van der Waals surface area contributed by atoms with E-state index in [2.05, 4.69) is 10.6 Å². The van der Waals surface area contributed by atoms with E-state index in [1.54, 1.807) is 31.2 Å². The lowest BCUT2D eigenvalue weighted by molar-refractivity contribution is -0.130. The van der Waals surface area contributed by atoms with E-state index in [1.807, 2.05) is 11.6 Å². The largest absolute Gasteiger partial charge is 0.493 e. The number of aryl methyl sites for hydroxylation is 1. The number of hydrogen-bond acceptors (Lipinski definition) is 4. The molecule has 2 N–H and O–H groups in total. The van der Waals surface area contributed by atoms with Crippen molar-refractivity contribution in [1.82, 2.24) is 14.9 Å². The Morgan fingerprint density at radius 1 is 1.07 bits per heavy atom. The number of nitrogens with zero attached hydrogens (tertiary/aromatic N) is 2. The van der Waals surface area contributed by atoms with Gasteiger partial charge in [0.1, 0.15) is 17.4 Å². The summed E-state index contributed by atoms with van der Waals surface area (Å²) >= 11 is 19.0. The predicted octanol–water partition coefficient (Wildman–Crippen LogP) is 7.28. The maximum atomic E-state index is 13.9. The van der Waals surface area contributed by atoms with Gasteiger partial charge in [-0.2, -0.15) is 0 Å². The maximum absolute atomic E-state index is 13.9. The predicted molar refractivity (Wildman–Crippen MR) is 158 cm³/mol. The summed E-state index contributed by atoms with van der Waals surface area (Å²) in [5.74, 6) is -0.901. The molecule has 0 aliphatic rings. The van der Waals surface area contributed by atoms with Gasteiger partial charge in [-0.25, -0.2) is 13.8 Å². The summed E-state index contributed by atoms with van der Waals surface area (Å²) in [5, 5.41) is 5.86. The van der Waals surface area contributed by atoms with Crippen LogP contribution in [0.1, 0.15) is 48.1 Å². The molecular formula is C29H27Cl3F2N4O3. The monoisotopic (exact) mass is 622 g/mol. The molecule has 3 aromatic carbocycles. The molecule has 12 heteroatoms. The molecule has 7 nitrogen and oxygen atoms in total. The van der Waals surface area contributed by atoms with Crippen LogP contribution < -0.4 is 15.4 Å². The first-order valence-electron chi connectivity index (χ1n) is 12.6. The van der Waals surface area contributed by atoms with E-state index < -0.39 is 23.3 Å². The summed E-state index contributed by atoms with van der Waals surface area (Å²) in [5.41, 5.74) is 0.890. The normalized spacial score (nSPS) is 11.5. The number of benzene rings is 3. The van der Waals surface area contributed by atoms with Gasteiger partial charge in [-0.15, -0.1) is 0 Å². The van der Waals surface area contributed by atoms with E-state index in [9.17, 15) is 18.4 Å². The van der Waals surface area contributed by atoms with E-state index in [1.165, 1.54) is 26.0 Å². The second-order valence-corrected chi connectivity index (χ2v) is 11.0. The van der Waals surface area contributed by atoms with Gasteiger partial charge in [0.25, 0.3) is 11.8 Å². The van der Waals surface area contributed by atoms with Crippen LogP contribution in [0.5, 0.6) is 5.75 Å². The number of alkyl halides is 1. The fraction of sp³-hybridized carbons (Fsp3) is 0.276. The molecule has 4 rings (SSSR count). The van der Waals surface area contributed by atoms with E-state index in [0.717, 1.165) is 6.07 Å². The van der Waals surface area contributed by atoms with Crippen LogP contribution in [0.3, 0.4) is 0 Å². The van der Waals surface area contributed by atoms with Crippen molar-refractivity contribution in [3.8, 4) is 5.75 Å². The van der Waals surface area contributed by atoms with Gasteiger partial charge in [0.2, 0.25) is 0 Å². The zero-order valence-corrected chi connectivity index (χ0v) is 24.9. The molecule has 0 aliphatic heterocycles. The Balaban J connectivity index is 1.66. The standard InChI is InChI=1S/C29H27Cl3F2N4O3/c1-5-41-24-13-23-22(11-18(24)27(39)36-16-7-9-21(33)20(31)10-16)37-25(38(23)4)12-17-19(30)8-6-15(26(17)32)14-35-28(40)29(2,3)34/h6-11,13H,5,12,14H2,1-4H3,(H,35,40)(H,36,39). The molecule has 0 radical (unpaired) electrons. The SMILES string of the molecule is CCOc1cc2c(cc1C(=O)Nc1ccc(F)c(Cl)c1)nc(Cc1c(Cl)ccc(CNC(=O)C(C)(C)F)c1Cl)n2C. The van der Waals surface area contributed by atoms with Gasteiger partial charge >= 0.3 is 0 Å². The summed E-state index contributed by atoms with van der Waals surface area (Å²) in [6.07, 6.45) is 0.235. The van der Waals surface area contributed by atoms with Crippen molar-refractivity contribution >= 4 is 63.3 Å². The average molecular weight is 624 g/mol. The number of nitrogens with one attached hydrogen (secondary N) is 2. The third kappa shape index (κ3) is 6.74. The average Bonchev–Trinajstić information content (AvgIpc) is 3.21. The highest BCUT2D eigenvalue weighted by Crippen LogP contribution is 2.33. The second kappa shape index (κ2) is 12.2. The molecule has 0 fully saturated rings. The molecule has 0 saturated heterocycles. The number of fused-ring (bicyclic) bond motifs is 1. The Hall–Kier alpha value is -3.40. The third-order valence-electron chi connectivity index (χ3n) is 6.38. The smallest absolute Gasteiger partial charge is 0.259 e. The van der Waals surface area contributed by atoms with Gasteiger partial charge in [-0.1, -0.05) is 40.9 Å². The molecule has 0 aliphatic carbocycles. The first kappa shape index (κ1) is 30.6. The quantitative estimate of drug-likeness (QED) is 0.205. The molecule has 1 aromatic heterocycles. The number of anilines is 1. The highest BCUT2D eigenvalue weighted by molar-refractivity contribution is 6.36. The summed E-state index contributed by atoms with van der Waals surface area (Å²) in [7, 11) is 1.82. The fourth-order valence-corrected chi connectivity index (χ4v) is 4.89. The lowest BCUT2D eigenvalue weighted by Gasteiger charge is -2.16. The van der Waals surface area contributed by atoms with Crippen LogP contribution in [-0.2, 0) is 24.8 Å². The number of imidazole rings is 1. The first-order chi connectivity index (χ1) is 19.3. The van der Waals surface area contributed by atoms with Crippen molar-refractivity contribution in [1.29, 1.82) is 0 Å². The number of carbonyl (C=O) groups is 2. The minimum absolute atomic E-state index is 0.0210. The molecule has 0 bridgehead atoms. The van der Waals surface area contributed by atoms with Gasteiger partial charge in [0.05, 0.1) is 33.2 Å². The summed E-state index contributed by atoms with van der Waals surface area (Å²) < 4.78 is 35.1. The van der Waals surface area contributed by atoms with Gasteiger partial charge in [0.15, 0.2) is 5.67 Å². The van der Waals surface area contributed by atoms with Crippen LogP contribution in [0, 0.1) is 5.82 Å². The van der Waals surface area contributed by atoms with E-state index in [4.69, 9.17) is 44.5 Å². The van der Waals surface area contributed by atoms with Gasteiger partial charge in [-0.3, -0.25) is 9.59 Å². The number of aromatic nitrogens is 2. The maximum Gasteiger partial charge on any atom is 0.259 e. The zero-order valence-electron chi connectivity index (χ0n) is 22.7. The van der Waals surface area contributed by atoms with Gasteiger partial charge in [0, 0.05) is 36.8 Å². The molecule has 0 atom stereocenters. The van der Waals surface area contributed by atoms with Crippen molar-refractivity contribution in [2.45, 2.75) is 39.4 Å². The van der Waals surface area contributed by atoms with Crippen LogP contribution in [0.4, 0.5) is 14.5 Å². The summed E-state index contributed by atoms with van der Waals surface area (Å²) in [6.45, 7) is 4.48. The minimum Gasteiger partial charge on any atom is -0.493 e. The summed E-state index contributed by atoms with van der Waals surface area (Å²) in [4.78, 5) is 29.9. The van der Waals surface area contributed by atoms with Crippen molar-refractivity contribution in [2.75, 3.05) is 11.9 Å². The van der Waals surface area contributed by atoms with Gasteiger partial charge in [-0.05, 0) is 62.2 Å². The first-order valence-corrected chi connectivity index (χ1v) is 13.7. The lowest BCUT2D eigenvalue weighted by atomic mass is 10.1. The number of hydrogen-bond donors (Lipinski definition) is 2. The molecule has 0 saturated carbocycles. The Morgan fingerprint density at radius 2 is 1.80 bits per heavy atom. The molecule has 1 heterocycles. The Morgan fingerprint density at radius 3 is 2.46 bits per heavy atom. The van der Waals surface area contributed by atoms with Crippen molar-refractivity contribution in [2.24, 2.45) is 7.05 Å². The van der Waals surface area contributed by atoms with E-state index in [-0.39, 0.29) is 23.6 Å². The number of rotatable bonds is 9. The Kier molecular flexibility index (Phi) is 9.11. The Bertz CT molecular complexity index is 1650. The van der Waals surface area contributed by atoms with E-state index in [0.29, 0.717) is 56.1 Å². The molecule has 0 unspecified atom stereocenters. The highest BCUT2D eigenvalue weighted by atomic mass is 35.5. The fourth-order valence-electron chi connectivity index (χ4n) is 4.14. The number of ether oxygens (including phenoxy) is 1. The molecule has 0 spiro atoms. The van der Waals surface area contributed by atoms with Crippen molar-refractivity contribution in [3.05, 3.63) is 85.9 Å². The Labute approximate surface area is 250 Å². The van der Waals surface area contributed by atoms with Gasteiger partial charge < -0.3 is 19.9 Å².